The van der Waals surface area contributed by atoms with E-state index in [4.69, 9.17) is 26.8 Å². The van der Waals surface area contributed by atoms with Gasteiger partial charge in [-0.3, -0.25) is 4.21 Å². The molecule has 4 nitrogen and oxygen atoms in total. The van der Waals surface area contributed by atoms with Gasteiger partial charge in [0.15, 0.2) is 0 Å². The maximum absolute atomic E-state index is 12.0. The van der Waals surface area contributed by atoms with Gasteiger partial charge in [-0.2, -0.15) is 0 Å². The molecule has 18 heavy (non-hydrogen) atoms. The zero-order valence-corrected chi connectivity index (χ0v) is 11.9. The lowest BCUT2D eigenvalue weighted by molar-refractivity contribution is 0.0713. The molecule has 0 aliphatic heterocycles. The van der Waals surface area contributed by atoms with Crippen LogP contribution in [0, 0.1) is 0 Å². The highest BCUT2D eigenvalue weighted by atomic mass is 35.5. The van der Waals surface area contributed by atoms with E-state index in [1.165, 1.54) is 0 Å². The number of nitrogen functional groups attached to an aromatic ring is 1. The fourth-order valence-electron chi connectivity index (χ4n) is 1.34. The predicted octanol–water partition coefficient (Wildman–Crippen LogP) is 2.08. The van der Waals surface area contributed by atoms with E-state index in [0.29, 0.717) is 47.6 Å². The van der Waals surface area contributed by atoms with Crippen LogP contribution in [-0.4, -0.2) is 36.9 Å². The lowest BCUT2D eigenvalue weighted by atomic mass is 10.3. The average Bonchev–Trinajstić information content (AvgIpc) is 2.36. The van der Waals surface area contributed by atoms with Gasteiger partial charge in [-0.25, -0.2) is 0 Å². The minimum absolute atomic E-state index is 0.489. The first-order valence-corrected chi connectivity index (χ1v) is 7.35. The molecule has 0 saturated carbocycles. The van der Waals surface area contributed by atoms with E-state index in [-0.39, 0.29) is 0 Å². The Labute approximate surface area is 115 Å². The Hall–Kier alpha value is -0.620. The molecule has 1 aromatic carbocycles. The summed E-state index contributed by atoms with van der Waals surface area (Å²) in [5, 5.41) is 0.489. The lowest BCUT2D eigenvalue weighted by Crippen LogP contribution is -2.07. The third-order valence-corrected chi connectivity index (χ3v) is 4.18. The molecule has 1 aromatic rings. The fourth-order valence-corrected chi connectivity index (χ4v) is 2.87. The van der Waals surface area contributed by atoms with Crippen molar-refractivity contribution in [3.05, 3.63) is 23.2 Å². The second-order valence-corrected chi connectivity index (χ2v) is 5.64. The Kier molecular flexibility index (Phi) is 7.27. The van der Waals surface area contributed by atoms with Gasteiger partial charge in [0.25, 0.3) is 0 Å². The van der Waals surface area contributed by atoms with Crippen molar-refractivity contribution in [1.82, 2.24) is 0 Å². The molecule has 0 aliphatic rings. The standard InChI is InChI=1S/C12H18ClNO3S/c1-16-6-7-17-5-2-8-18(15)12-9-10(14)3-4-11(12)13/h3-4,9H,2,5-8,14H2,1H3. The molecular formula is C12H18ClNO3S. The summed E-state index contributed by atoms with van der Waals surface area (Å²) in [6.45, 7) is 1.70. The molecule has 1 atom stereocenters. The molecule has 0 saturated heterocycles. The molecule has 0 spiro atoms. The molecule has 0 heterocycles. The Morgan fingerprint density at radius 2 is 2.11 bits per heavy atom. The van der Waals surface area contributed by atoms with E-state index in [9.17, 15) is 4.21 Å². The monoisotopic (exact) mass is 291 g/mol. The van der Waals surface area contributed by atoms with Gasteiger partial charge in [-0.15, -0.1) is 0 Å². The predicted molar refractivity (Wildman–Crippen MR) is 74.5 cm³/mol. The van der Waals surface area contributed by atoms with E-state index in [1.54, 1.807) is 25.3 Å². The first kappa shape index (κ1) is 15.4. The second kappa shape index (κ2) is 8.48. The number of hydrogen-bond donors (Lipinski definition) is 1. The molecule has 1 rings (SSSR count). The van der Waals surface area contributed by atoms with Crippen molar-refractivity contribution in [3.8, 4) is 0 Å². The highest BCUT2D eigenvalue weighted by Gasteiger charge is 2.08. The maximum Gasteiger partial charge on any atom is 0.0700 e. The molecule has 0 amide bonds. The molecule has 0 radical (unpaired) electrons. The molecule has 0 aliphatic carbocycles. The van der Waals surface area contributed by atoms with Gasteiger partial charge in [-0.1, -0.05) is 11.6 Å². The Balaban J connectivity index is 2.34. The number of methoxy groups -OCH3 is 1. The third kappa shape index (κ3) is 5.35. The normalized spacial score (nSPS) is 12.6. The van der Waals surface area contributed by atoms with E-state index < -0.39 is 10.8 Å². The van der Waals surface area contributed by atoms with Gasteiger partial charge in [0, 0.05) is 25.2 Å². The van der Waals surface area contributed by atoms with Gasteiger partial charge < -0.3 is 15.2 Å². The van der Waals surface area contributed by atoms with Crippen LogP contribution in [0.2, 0.25) is 5.02 Å². The largest absolute Gasteiger partial charge is 0.399 e. The fraction of sp³-hybridized carbons (Fsp3) is 0.500. The Bertz CT molecular complexity index is 401. The second-order valence-electron chi connectivity index (χ2n) is 3.70. The summed E-state index contributed by atoms with van der Waals surface area (Å²) in [5.74, 6) is 0.510. The minimum Gasteiger partial charge on any atom is -0.399 e. The summed E-state index contributed by atoms with van der Waals surface area (Å²) >= 11 is 5.98. The minimum atomic E-state index is -1.14. The van der Waals surface area contributed by atoms with Gasteiger partial charge >= 0.3 is 0 Å². The van der Waals surface area contributed by atoms with Crippen LogP contribution < -0.4 is 5.73 Å². The van der Waals surface area contributed by atoms with Crippen LogP contribution in [0.15, 0.2) is 23.1 Å². The number of halogens is 1. The maximum atomic E-state index is 12.0. The van der Waals surface area contributed by atoms with Crippen molar-refractivity contribution < 1.29 is 13.7 Å². The van der Waals surface area contributed by atoms with Gasteiger partial charge in [-0.05, 0) is 24.6 Å². The molecule has 2 N–H and O–H groups in total. The number of rotatable bonds is 8. The topological polar surface area (TPSA) is 61.5 Å². The number of ether oxygens (including phenoxy) is 2. The SMILES string of the molecule is COCCOCCCS(=O)c1cc(N)ccc1Cl. The third-order valence-electron chi connectivity index (χ3n) is 2.25. The number of anilines is 1. The van der Waals surface area contributed by atoms with Gasteiger partial charge in [0.05, 0.1) is 33.9 Å². The van der Waals surface area contributed by atoms with E-state index in [1.807, 2.05) is 0 Å². The molecule has 0 aromatic heterocycles. The van der Waals surface area contributed by atoms with E-state index in [0.717, 1.165) is 0 Å². The molecule has 0 fully saturated rings. The van der Waals surface area contributed by atoms with Crippen molar-refractivity contribution >= 4 is 28.1 Å². The first-order chi connectivity index (χ1) is 8.65. The summed E-state index contributed by atoms with van der Waals surface area (Å²) in [7, 11) is 0.490. The Morgan fingerprint density at radius 3 is 2.83 bits per heavy atom. The van der Waals surface area contributed by atoms with E-state index >= 15 is 0 Å². The molecular weight excluding hydrogens is 274 g/mol. The summed E-state index contributed by atoms with van der Waals surface area (Å²) in [4.78, 5) is 0.591. The molecule has 6 heteroatoms. The summed E-state index contributed by atoms with van der Waals surface area (Å²) in [5.41, 5.74) is 6.21. The van der Waals surface area contributed by atoms with Crippen molar-refractivity contribution in [3.63, 3.8) is 0 Å². The van der Waals surface area contributed by atoms with E-state index in [2.05, 4.69) is 0 Å². The number of hydrogen-bond acceptors (Lipinski definition) is 4. The van der Waals surface area contributed by atoms with Gasteiger partial charge in [0.1, 0.15) is 0 Å². The zero-order chi connectivity index (χ0) is 13.4. The van der Waals surface area contributed by atoms with Crippen LogP contribution in [0.1, 0.15) is 6.42 Å². The zero-order valence-electron chi connectivity index (χ0n) is 10.4. The summed E-state index contributed by atoms with van der Waals surface area (Å²) in [6.07, 6.45) is 0.710. The number of nitrogens with two attached hydrogens (primary N) is 1. The summed E-state index contributed by atoms with van der Waals surface area (Å²) < 4.78 is 22.1. The first-order valence-electron chi connectivity index (χ1n) is 5.65. The van der Waals surface area contributed by atoms with Crippen LogP contribution >= 0.6 is 11.6 Å². The van der Waals surface area contributed by atoms with Crippen molar-refractivity contribution in [2.45, 2.75) is 11.3 Å². The molecule has 102 valence electrons. The van der Waals surface area contributed by atoms with Crippen LogP contribution in [0.4, 0.5) is 5.69 Å². The molecule has 1 unspecified atom stereocenters. The van der Waals surface area contributed by atoms with Crippen LogP contribution in [0.5, 0.6) is 0 Å². The van der Waals surface area contributed by atoms with Crippen molar-refractivity contribution in [1.29, 1.82) is 0 Å². The lowest BCUT2D eigenvalue weighted by Gasteiger charge is -2.06. The quantitative estimate of drug-likeness (QED) is 0.588. The van der Waals surface area contributed by atoms with Gasteiger partial charge in [0.2, 0.25) is 0 Å². The highest BCUT2D eigenvalue weighted by Crippen LogP contribution is 2.22. The summed E-state index contributed by atoms with van der Waals surface area (Å²) in [6, 6.07) is 5.01. The highest BCUT2D eigenvalue weighted by molar-refractivity contribution is 7.85. The van der Waals surface area contributed by atoms with Crippen molar-refractivity contribution in [2.24, 2.45) is 0 Å². The van der Waals surface area contributed by atoms with Crippen molar-refractivity contribution in [2.75, 3.05) is 38.4 Å². The van der Waals surface area contributed by atoms with Crippen LogP contribution in [0.25, 0.3) is 0 Å². The number of benzene rings is 1. The van der Waals surface area contributed by atoms with Crippen LogP contribution in [0.3, 0.4) is 0 Å². The average molecular weight is 292 g/mol. The Morgan fingerprint density at radius 1 is 1.33 bits per heavy atom. The molecule has 0 bridgehead atoms. The van der Waals surface area contributed by atoms with Crippen LogP contribution in [-0.2, 0) is 20.3 Å². The smallest absolute Gasteiger partial charge is 0.0700 e.